The van der Waals surface area contributed by atoms with Crippen LogP contribution in [0.25, 0.3) is 6.08 Å². The predicted molar refractivity (Wildman–Crippen MR) is 78.7 cm³/mol. The Morgan fingerprint density at radius 1 is 1.24 bits per heavy atom. The van der Waals surface area contributed by atoms with Gasteiger partial charge in [-0.05, 0) is 60.9 Å². The van der Waals surface area contributed by atoms with Crippen LogP contribution in [0.5, 0.6) is 0 Å². The maximum absolute atomic E-state index is 2.39. The Hall–Kier alpha value is -1.04. The molecule has 0 N–H and O–H groups in total. The van der Waals surface area contributed by atoms with Crippen molar-refractivity contribution in [2.45, 2.75) is 60.3 Å². The molecule has 0 spiro atoms. The molecule has 1 rings (SSSR count). The van der Waals surface area contributed by atoms with E-state index in [9.17, 15) is 0 Å². The van der Waals surface area contributed by atoms with E-state index >= 15 is 0 Å². The lowest BCUT2D eigenvalue weighted by molar-refractivity contribution is 0.810. The van der Waals surface area contributed by atoms with E-state index < -0.39 is 0 Å². The van der Waals surface area contributed by atoms with Crippen LogP contribution in [0.3, 0.4) is 0 Å². The van der Waals surface area contributed by atoms with Crippen molar-refractivity contribution >= 4 is 6.08 Å². The van der Waals surface area contributed by atoms with Crippen molar-refractivity contribution in [3.8, 4) is 0 Å². The number of aryl methyl sites for hydroxylation is 2. The molecule has 17 heavy (non-hydrogen) atoms. The molecule has 0 saturated carbocycles. The van der Waals surface area contributed by atoms with Crippen LogP contribution in [0.15, 0.2) is 12.1 Å². The van der Waals surface area contributed by atoms with E-state index in [1.165, 1.54) is 29.5 Å². The SMILES string of the molecule is CC=Cc1c(C)cc(CCC)c(C(C)C)c1C. The van der Waals surface area contributed by atoms with Gasteiger partial charge in [-0.2, -0.15) is 0 Å². The summed E-state index contributed by atoms with van der Waals surface area (Å²) >= 11 is 0. The van der Waals surface area contributed by atoms with Gasteiger partial charge >= 0.3 is 0 Å². The van der Waals surface area contributed by atoms with Gasteiger partial charge in [-0.15, -0.1) is 0 Å². The minimum atomic E-state index is 0.612. The molecular formula is C17H26. The Balaban J connectivity index is 3.46. The maximum atomic E-state index is 2.39. The van der Waals surface area contributed by atoms with Crippen molar-refractivity contribution in [3.05, 3.63) is 40.0 Å². The average molecular weight is 230 g/mol. The smallest absolute Gasteiger partial charge is 0.0198 e. The monoisotopic (exact) mass is 230 g/mol. The summed E-state index contributed by atoms with van der Waals surface area (Å²) in [5.41, 5.74) is 7.40. The summed E-state index contributed by atoms with van der Waals surface area (Å²) in [6.45, 7) is 13.5. The van der Waals surface area contributed by atoms with Crippen LogP contribution in [0.4, 0.5) is 0 Å². The number of hydrogen-bond acceptors (Lipinski definition) is 0. The van der Waals surface area contributed by atoms with E-state index in [2.05, 4.69) is 59.8 Å². The van der Waals surface area contributed by atoms with Crippen LogP contribution < -0.4 is 0 Å². The highest BCUT2D eigenvalue weighted by Crippen LogP contribution is 2.30. The summed E-state index contributed by atoms with van der Waals surface area (Å²) in [6.07, 6.45) is 6.80. The minimum absolute atomic E-state index is 0.612. The van der Waals surface area contributed by atoms with Crippen LogP contribution in [0, 0.1) is 13.8 Å². The zero-order valence-electron chi connectivity index (χ0n) is 12.2. The molecule has 0 aliphatic heterocycles. The molecular weight excluding hydrogens is 204 g/mol. The van der Waals surface area contributed by atoms with Crippen molar-refractivity contribution in [3.63, 3.8) is 0 Å². The molecule has 0 heteroatoms. The molecule has 0 saturated heterocycles. The molecule has 1 aromatic carbocycles. The third-order valence-corrected chi connectivity index (χ3v) is 3.40. The van der Waals surface area contributed by atoms with Crippen molar-refractivity contribution in [2.24, 2.45) is 0 Å². The second-order valence-electron chi connectivity index (χ2n) is 5.21. The first-order chi connectivity index (χ1) is 8.02. The first-order valence-electron chi connectivity index (χ1n) is 6.78. The van der Waals surface area contributed by atoms with Gasteiger partial charge in [0.2, 0.25) is 0 Å². The molecule has 0 heterocycles. The summed E-state index contributed by atoms with van der Waals surface area (Å²) in [5, 5.41) is 0. The molecule has 0 unspecified atom stereocenters. The Morgan fingerprint density at radius 2 is 1.88 bits per heavy atom. The fourth-order valence-corrected chi connectivity index (χ4v) is 2.80. The molecule has 0 fully saturated rings. The van der Waals surface area contributed by atoms with Crippen LogP contribution in [-0.2, 0) is 6.42 Å². The summed E-state index contributed by atoms with van der Waals surface area (Å²) in [7, 11) is 0. The van der Waals surface area contributed by atoms with Crippen LogP contribution in [-0.4, -0.2) is 0 Å². The molecule has 0 aliphatic rings. The summed E-state index contributed by atoms with van der Waals surface area (Å²) in [5.74, 6) is 0.612. The Morgan fingerprint density at radius 3 is 2.35 bits per heavy atom. The molecule has 0 amide bonds. The van der Waals surface area contributed by atoms with Gasteiger partial charge < -0.3 is 0 Å². The highest BCUT2D eigenvalue weighted by atomic mass is 14.2. The second-order valence-corrected chi connectivity index (χ2v) is 5.21. The lowest BCUT2D eigenvalue weighted by Gasteiger charge is -2.20. The number of rotatable bonds is 4. The van der Waals surface area contributed by atoms with Gasteiger partial charge in [0.25, 0.3) is 0 Å². The Bertz CT molecular complexity index is 409. The molecule has 94 valence electrons. The number of hydrogen-bond donors (Lipinski definition) is 0. The van der Waals surface area contributed by atoms with Gasteiger partial charge in [-0.1, -0.05) is 45.4 Å². The lowest BCUT2D eigenvalue weighted by atomic mass is 9.85. The molecule has 1 aromatic rings. The van der Waals surface area contributed by atoms with Crippen molar-refractivity contribution < 1.29 is 0 Å². The second kappa shape index (κ2) is 6.05. The molecule has 0 nitrogen and oxygen atoms in total. The highest BCUT2D eigenvalue weighted by Gasteiger charge is 2.13. The quantitative estimate of drug-likeness (QED) is 0.648. The summed E-state index contributed by atoms with van der Waals surface area (Å²) in [4.78, 5) is 0. The number of benzene rings is 1. The van der Waals surface area contributed by atoms with Crippen molar-refractivity contribution in [1.82, 2.24) is 0 Å². The zero-order chi connectivity index (χ0) is 13.0. The topological polar surface area (TPSA) is 0 Å². The van der Waals surface area contributed by atoms with E-state index in [1.54, 1.807) is 11.1 Å². The van der Waals surface area contributed by atoms with Gasteiger partial charge in [0.1, 0.15) is 0 Å². The van der Waals surface area contributed by atoms with Gasteiger partial charge in [0.05, 0.1) is 0 Å². The van der Waals surface area contributed by atoms with E-state index in [0.29, 0.717) is 5.92 Å². The maximum Gasteiger partial charge on any atom is -0.0198 e. The third kappa shape index (κ3) is 3.00. The van der Waals surface area contributed by atoms with Gasteiger partial charge in [0, 0.05) is 0 Å². The average Bonchev–Trinajstić information content (AvgIpc) is 2.23. The van der Waals surface area contributed by atoms with Crippen LogP contribution >= 0.6 is 0 Å². The fourth-order valence-electron chi connectivity index (χ4n) is 2.80. The molecule has 0 aromatic heterocycles. The first-order valence-corrected chi connectivity index (χ1v) is 6.78. The summed E-state index contributed by atoms with van der Waals surface area (Å²) < 4.78 is 0. The normalized spacial score (nSPS) is 11.7. The largest absolute Gasteiger partial charge is 0.0870 e. The first kappa shape index (κ1) is 14.0. The fraction of sp³-hybridized carbons (Fsp3) is 0.529. The molecule has 0 aliphatic carbocycles. The Kier molecular flexibility index (Phi) is 4.99. The van der Waals surface area contributed by atoms with Crippen molar-refractivity contribution in [2.75, 3.05) is 0 Å². The molecule has 0 atom stereocenters. The highest BCUT2D eigenvalue weighted by molar-refractivity contribution is 5.61. The lowest BCUT2D eigenvalue weighted by Crippen LogP contribution is -2.03. The van der Waals surface area contributed by atoms with Gasteiger partial charge in [0.15, 0.2) is 0 Å². The van der Waals surface area contributed by atoms with Gasteiger partial charge in [-0.3, -0.25) is 0 Å². The van der Waals surface area contributed by atoms with Crippen LogP contribution in [0.2, 0.25) is 0 Å². The van der Waals surface area contributed by atoms with Gasteiger partial charge in [-0.25, -0.2) is 0 Å². The Labute approximate surface area is 107 Å². The van der Waals surface area contributed by atoms with E-state index in [0.717, 1.165) is 0 Å². The number of allylic oxidation sites excluding steroid dienone is 1. The standard InChI is InChI=1S/C17H26/c1-7-9-15-11-13(5)16(10-8-2)14(6)17(15)12(3)4/h8,10-12H,7,9H2,1-6H3. The van der Waals surface area contributed by atoms with E-state index in [-0.39, 0.29) is 0 Å². The van der Waals surface area contributed by atoms with E-state index in [1.807, 2.05) is 0 Å². The predicted octanol–water partition coefficient (Wildman–Crippen LogP) is 5.41. The van der Waals surface area contributed by atoms with Crippen molar-refractivity contribution in [1.29, 1.82) is 0 Å². The minimum Gasteiger partial charge on any atom is -0.0870 e. The molecule has 0 bridgehead atoms. The van der Waals surface area contributed by atoms with E-state index in [4.69, 9.17) is 0 Å². The van der Waals surface area contributed by atoms with Crippen LogP contribution in [0.1, 0.15) is 67.9 Å². The third-order valence-electron chi connectivity index (χ3n) is 3.40. The zero-order valence-corrected chi connectivity index (χ0v) is 12.2. The summed E-state index contributed by atoms with van der Waals surface area (Å²) in [6, 6.07) is 2.39. The molecule has 0 radical (unpaired) electrons.